The molecule has 0 unspecified atom stereocenters. The van der Waals surface area contributed by atoms with Crippen LogP contribution in [0, 0.1) is 12.8 Å². The normalized spacial score (nSPS) is 15.4. The smallest absolute Gasteiger partial charge is 0.339 e. The first-order chi connectivity index (χ1) is 13.3. The van der Waals surface area contributed by atoms with Crippen molar-refractivity contribution in [3.05, 3.63) is 65.2 Å². The predicted octanol–water partition coefficient (Wildman–Crippen LogP) is 4.50. The molecule has 28 heavy (non-hydrogen) atoms. The van der Waals surface area contributed by atoms with E-state index in [-0.39, 0.29) is 17.7 Å². The number of carbonyl (C=O) groups is 2. The molecule has 1 fully saturated rings. The second-order valence-corrected chi connectivity index (χ2v) is 6.95. The maximum Gasteiger partial charge on any atom is 0.416 e. The van der Waals surface area contributed by atoms with Gasteiger partial charge in [-0.15, -0.1) is 0 Å². The second-order valence-electron chi connectivity index (χ2n) is 6.95. The van der Waals surface area contributed by atoms with Gasteiger partial charge in [-0.3, -0.25) is 9.59 Å². The fraction of sp³-hybridized carbons (Fsp3) is 0.333. The van der Waals surface area contributed by atoms with E-state index >= 15 is 0 Å². The highest BCUT2D eigenvalue weighted by Crippen LogP contribution is 2.30. The number of carbonyl (C=O) groups excluding carboxylic acids is 2. The monoisotopic (exact) mass is 390 g/mol. The number of piperidine rings is 1. The van der Waals surface area contributed by atoms with Crippen LogP contribution < -0.4 is 5.32 Å². The van der Waals surface area contributed by atoms with Gasteiger partial charge in [0.2, 0.25) is 5.91 Å². The summed E-state index contributed by atoms with van der Waals surface area (Å²) in [5, 5.41) is 2.67. The van der Waals surface area contributed by atoms with Gasteiger partial charge >= 0.3 is 6.18 Å². The first-order valence-corrected chi connectivity index (χ1v) is 9.09. The first kappa shape index (κ1) is 19.9. The second kappa shape index (κ2) is 8.04. The molecule has 4 nitrogen and oxygen atoms in total. The van der Waals surface area contributed by atoms with Crippen LogP contribution in [0.15, 0.2) is 48.5 Å². The van der Waals surface area contributed by atoms with Crippen molar-refractivity contribution >= 4 is 17.5 Å². The van der Waals surface area contributed by atoms with Crippen molar-refractivity contribution < 1.29 is 22.8 Å². The average Bonchev–Trinajstić information content (AvgIpc) is 2.67. The first-order valence-electron chi connectivity index (χ1n) is 9.09. The molecular formula is C21H21F3N2O2. The Bertz CT molecular complexity index is 855. The Hall–Kier alpha value is -2.83. The SMILES string of the molecule is Cc1ccccc1C(=O)N1CCC(C(=O)Nc2ccc(C(F)(F)F)cc2)CC1. The molecule has 2 amide bonds. The van der Waals surface area contributed by atoms with Crippen molar-refractivity contribution in [2.45, 2.75) is 25.9 Å². The summed E-state index contributed by atoms with van der Waals surface area (Å²) in [6.07, 6.45) is -3.37. The number of nitrogens with zero attached hydrogens (tertiary/aromatic N) is 1. The Kier molecular flexibility index (Phi) is 5.72. The number of amides is 2. The third-order valence-corrected chi connectivity index (χ3v) is 5.01. The van der Waals surface area contributed by atoms with Gasteiger partial charge in [-0.05, 0) is 55.7 Å². The van der Waals surface area contributed by atoms with Crippen molar-refractivity contribution in [1.82, 2.24) is 4.90 Å². The minimum Gasteiger partial charge on any atom is -0.339 e. The van der Waals surface area contributed by atoms with Gasteiger partial charge in [0.15, 0.2) is 0 Å². The topological polar surface area (TPSA) is 49.4 Å². The number of hydrogen-bond acceptors (Lipinski definition) is 2. The third kappa shape index (κ3) is 4.52. The van der Waals surface area contributed by atoms with Crippen LogP contribution in [0.25, 0.3) is 0 Å². The van der Waals surface area contributed by atoms with E-state index in [1.807, 2.05) is 25.1 Å². The van der Waals surface area contributed by atoms with Crippen LogP contribution in [-0.4, -0.2) is 29.8 Å². The van der Waals surface area contributed by atoms with E-state index in [0.717, 1.165) is 17.7 Å². The molecule has 1 aliphatic heterocycles. The minimum absolute atomic E-state index is 0.0419. The maximum atomic E-state index is 12.6. The average molecular weight is 390 g/mol. The summed E-state index contributed by atoms with van der Waals surface area (Å²) in [6.45, 7) is 2.83. The molecule has 0 bridgehead atoms. The van der Waals surface area contributed by atoms with Crippen LogP contribution in [0.1, 0.15) is 34.3 Å². The van der Waals surface area contributed by atoms with Crippen molar-refractivity contribution in [2.24, 2.45) is 5.92 Å². The molecule has 0 aromatic heterocycles. The van der Waals surface area contributed by atoms with E-state index in [1.165, 1.54) is 12.1 Å². The Morgan fingerprint density at radius 3 is 2.18 bits per heavy atom. The number of alkyl halides is 3. The lowest BCUT2D eigenvalue weighted by atomic mass is 9.95. The summed E-state index contributed by atoms with van der Waals surface area (Å²) in [5.74, 6) is -0.550. The molecule has 2 aromatic carbocycles. The Balaban J connectivity index is 1.55. The zero-order chi connectivity index (χ0) is 20.3. The molecule has 0 radical (unpaired) electrons. The highest BCUT2D eigenvalue weighted by Gasteiger charge is 2.31. The molecule has 2 aromatic rings. The molecule has 148 valence electrons. The number of hydrogen-bond donors (Lipinski definition) is 1. The summed E-state index contributed by atoms with van der Waals surface area (Å²) < 4.78 is 37.8. The minimum atomic E-state index is -4.40. The van der Waals surface area contributed by atoms with Crippen LogP contribution in [0.4, 0.5) is 18.9 Å². The van der Waals surface area contributed by atoms with E-state index < -0.39 is 11.7 Å². The Morgan fingerprint density at radius 1 is 1.00 bits per heavy atom. The largest absolute Gasteiger partial charge is 0.416 e. The van der Waals surface area contributed by atoms with Gasteiger partial charge in [0.05, 0.1) is 5.56 Å². The van der Waals surface area contributed by atoms with E-state index in [9.17, 15) is 22.8 Å². The Labute approximate surface area is 161 Å². The number of nitrogens with one attached hydrogen (secondary N) is 1. The Morgan fingerprint density at radius 2 is 1.61 bits per heavy atom. The van der Waals surface area contributed by atoms with Crippen molar-refractivity contribution in [2.75, 3.05) is 18.4 Å². The van der Waals surface area contributed by atoms with Crippen LogP contribution >= 0.6 is 0 Å². The predicted molar refractivity (Wildman–Crippen MR) is 99.9 cm³/mol. The van der Waals surface area contributed by atoms with Crippen LogP contribution in [0.5, 0.6) is 0 Å². The molecule has 1 N–H and O–H groups in total. The van der Waals surface area contributed by atoms with Crippen LogP contribution in [0.2, 0.25) is 0 Å². The van der Waals surface area contributed by atoms with Crippen LogP contribution in [-0.2, 0) is 11.0 Å². The molecule has 3 rings (SSSR count). The molecule has 1 saturated heterocycles. The molecular weight excluding hydrogens is 369 g/mol. The number of likely N-dealkylation sites (tertiary alicyclic amines) is 1. The molecule has 0 aliphatic carbocycles. The van der Waals surface area contributed by atoms with E-state index in [4.69, 9.17) is 0 Å². The number of halogens is 3. The van der Waals surface area contributed by atoms with Crippen molar-refractivity contribution in [3.63, 3.8) is 0 Å². The van der Waals surface area contributed by atoms with Gasteiger partial charge in [-0.1, -0.05) is 18.2 Å². The fourth-order valence-corrected chi connectivity index (χ4v) is 3.31. The van der Waals surface area contributed by atoms with Gasteiger partial charge in [0, 0.05) is 30.3 Å². The van der Waals surface area contributed by atoms with Crippen LogP contribution in [0.3, 0.4) is 0 Å². The third-order valence-electron chi connectivity index (χ3n) is 5.01. The zero-order valence-electron chi connectivity index (χ0n) is 15.4. The molecule has 7 heteroatoms. The van der Waals surface area contributed by atoms with E-state index in [2.05, 4.69) is 5.32 Å². The van der Waals surface area contributed by atoms with Gasteiger partial charge in [-0.2, -0.15) is 13.2 Å². The lowest BCUT2D eigenvalue weighted by Crippen LogP contribution is -2.41. The zero-order valence-corrected chi connectivity index (χ0v) is 15.4. The number of anilines is 1. The highest BCUT2D eigenvalue weighted by atomic mass is 19.4. The van der Waals surface area contributed by atoms with E-state index in [1.54, 1.807) is 11.0 Å². The summed E-state index contributed by atoms with van der Waals surface area (Å²) >= 11 is 0. The summed E-state index contributed by atoms with van der Waals surface area (Å²) in [5.41, 5.74) is 1.15. The fourth-order valence-electron chi connectivity index (χ4n) is 3.31. The quantitative estimate of drug-likeness (QED) is 0.839. The standard InChI is InChI=1S/C21H21F3N2O2/c1-14-4-2-3-5-18(14)20(28)26-12-10-15(11-13-26)19(27)25-17-8-6-16(7-9-17)21(22,23)24/h2-9,15H,10-13H2,1H3,(H,25,27). The highest BCUT2D eigenvalue weighted by molar-refractivity contribution is 5.96. The van der Waals surface area contributed by atoms with Gasteiger partial charge in [0.1, 0.15) is 0 Å². The molecule has 0 atom stereocenters. The number of benzene rings is 2. The van der Waals surface area contributed by atoms with Crippen molar-refractivity contribution in [1.29, 1.82) is 0 Å². The van der Waals surface area contributed by atoms with Gasteiger partial charge in [-0.25, -0.2) is 0 Å². The summed E-state index contributed by atoms with van der Waals surface area (Å²) in [4.78, 5) is 26.8. The lowest BCUT2D eigenvalue weighted by molar-refractivity contribution is -0.137. The van der Waals surface area contributed by atoms with E-state index in [0.29, 0.717) is 37.2 Å². The molecule has 0 saturated carbocycles. The summed E-state index contributed by atoms with van der Waals surface area (Å²) in [6, 6.07) is 11.8. The van der Waals surface area contributed by atoms with Gasteiger partial charge < -0.3 is 10.2 Å². The molecule has 0 spiro atoms. The maximum absolute atomic E-state index is 12.6. The molecule has 1 heterocycles. The molecule has 1 aliphatic rings. The number of rotatable bonds is 3. The van der Waals surface area contributed by atoms with Crippen molar-refractivity contribution in [3.8, 4) is 0 Å². The number of aryl methyl sites for hydroxylation is 1. The lowest BCUT2D eigenvalue weighted by Gasteiger charge is -2.31. The van der Waals surface area contributed by atoms with Gasteiger partial charge in [0.25, 0.3) is 5.91 Å². The summed E-state index contributed by atoms with van der Waals surface area (Å²) in [7, 11) is 0.